The molecule has 30 heavy (non-hydrogen) atoms. The fourth-order valence-corrected chi connectivity index (χ4v) is 4.38. The molecule has 0 amide bonds. The van der Waals surface area contributed by atoms with Gasteiger partial charge in [-0.15, -0.1) is 0 Å². The molecule has 0 saturated heterocycles. The van der Waals surface area contributed by atoms with Crippen LogP contribution in [0, 0.1) is 18.3 Å². The van der Waals surface area contributed by atoms with Crippen LogP contribution in [0.2, 0.25) is 5.02 Å². The van der Waals surface area contributed by atoms with E-state index in [2.05, 4.69) is 66.7 Å². The van der Waals surface area contributed by atoms with Crippen LogP contribution < -0.4 is 0 Å². The largest absolute Gasteiger partial charge is 0.192 e. The second-order valence-electron chi connectivity index (χ2n) is 7.49. The maximum absolute atomic E-state index is 9.19. The lowest BCUT2D eigenvalue weighted by atomic mass is 9.85. The van der Waals surface area contributed by atoms with Crippen LogP contribution >= 0.6 is 11.6 Å². The second kappa shape index (κ2) is 7.34. The molecule has 142 valence electrons. The van der Waals surface area contributed by atoms with Crippen LogP contribution in [-0.2, 0) is 0 Å². The van der Waals surface area contributed by atoms with E-state index in [9.17, 15) is 5.26 Å². The molecule has 1 nitrogen and oxygen atoms in total. The summed E-state index contributed by atoms with van der Waals surface area (Å²) in [7, 11) is 0. The summed E-state index contributed by atoms with van der Waals surface area (Å²) in [6.07, 6.45) is 0. The van der Waals surface area contributed by atoms with Crippen molar-refractivity contribution in [3.05, 3.63) is 107 Å². The Bertz CT molecular complexity index is 1400. The van der Waals surface area contributed by atoms with Crippen LogP contribution in [0.5, 0.6) is 0 Å². The average Bonchev–Trinajstić information content (AvgIpc) is 2.79. The first-order valence-corrected chi connectivity index (χ1v) is 10.3. The third kappa shape index (κ3) is 2.94. The minimum absolute atomic E-state index is 0.667. The van der Waals surface area contributed by atoms with Gasteiger partial charge in [0.05, 0.1) is 11.6 Å². The first-order chi connectivity index (χ1) is 14.7. The predicted molar refractivity (Wildman–Crippen MR) is 127 cm³/mol. The SMILES string of the molecule is Cc1cc(-c2c3ccccc3c(-c3ccc(C#N)cc3)c3ccccc23)ccc1Cl. The lowest BCUT2D eigenvalue weighted by Crippen LogP contribution is -1.91. The van der Waals surface area contributed by atoms with Gasteiger partial charge in [0, 0.05) is 5.02 Å². The smallest absolute Gasteiger partial charge is 0.0991 e. The van der Waals surface area contributed by atoms with Gasteiger partial charge in [0.2, 0.25) is 0 Å². The van der Waals surface area contributed by atoms with E-state index in [1.54, 1.807) is 0 Å². The maximum Gasteiger partial charge on any atom is 0.0991 e. The lowest BCUT2D eigenvalue weighted by Gasteiger charge is -2.18. The summed E-state index contributed by atoms with van der Waals surface area (Å²) in [6, 6.07) is 33.4. The van der Waals surface area contributed by atoms with Crippen molar-refractivity contribution in [2.45, 2.75) is 6.92 Å². The van der Waals surface area contributed by atoms with Crippen molar-refractivity contribution in [1.82, 2.24) is 0 Å². The molecule has 5 aromatic rings. The Kier molecular flexibility index (Phi) is 4.51. The molecule has 0 radical (unpaired) electrons. The average molecular weight is 404 g/mol. The standard InChI is InChI=1S/C28H18ClN/c1-18-16-21(14-15-26(18)29)28-24-8-4-2-6-22(24)27(23-7-3-5-9-25(23)28)20-12-10-19(17-30)11-13-20/h2-16H,1H3. The summed E-state index contributed by atoms with van der Waals surface area (Å²) < 4.78 is 0. The van der Waals surface area contributed by atoms with Gasteiger partial charge < -0.3 is 0 Å². The van der Waals surface area contributed by atoms with Gasteiger partial charge in [-0.2, -0.15) is 5.26 Å². The number of fused-ring (bicyclic) bond motifs is 2. The van der Waals surface area contributed by atoms with Crippen molar-refractivity contribution in [2.24, 2.45) is 0 Å². The minimum Gasteiger partial charge on any atom is -0.192 e. The van der Waals surface area contributed by atoms with Gasteiger partial charge in [-0.1, -0.05) is 78.3 Å². The van der Waals surface area contributed by atoms with E-state index in [1.165, 1.54) is 32.7 Å². The molecule has 0 spiro atoms. The Morgan fingerprint density at radius 3 is 1.57 bits per heavy atom. The molecule has 5 rings (SSSR count). The van der Waals surface area contributed by atoms with Crippen LogP contribution in [0.1, 0.15) is 11.1 Å². The third-order valence-electron chi connectivity index (χ3n) is 5.68. The molecule has 0 unspecified atom stereocenters. The Hall–Kier alpha value is -3.60. The second-order valence-corrected chi connectivity index (χ2v) is 7.90. The zero-order valence-electron chi connectivity index (χ0n) is 16.5. The number of hydrogen-bond donors (Lipinski definition) is 0. The van der Waals surface area contributed by atoms with Crippen molar-refractivity contribution < 1.29 is 0 Å². The van der Waals surface area contributed by atoms with Gasteiger partial charge in [-0.05, 0) is 80.6 Å². The highest BCUT2D eigenvalue weighted by molar-refractivity contribution is 6.31. The molecular formula is C28H18ClN. The number of hydrogen-bond acceptors (Lipinski definition) is 1. The van der Waals surface area contributed by atoms with Crippen LogP contribution in [-0.4, -0.2) is 0 Å². The fourth-order valence-electron chi connectivity index (χ4n) is 4.26. The van der Waals surface area contributed by atoms with Crippen molar-refractivity contribution >= 4 is 33.1 Å². The molecule has 0 aliphatic heterocycles. The molecule has 0 aromatic heterocycles. The van der Waals surface area contributed by atoms with Crippen LogP contribution in [0.4, 0.5) is 0 Å². The molecule has 5 aromatic carbocycles. The zero-order chi connectivity index (χ0) is 20.7. The van der Waals surface area contributed by atoms with Gasteiger partial charge >= 0.3 is 0 Å². The summed E-state index contributed by atoms with van der Waals surface area (Å²) in [5.41, 5.74) is 6.42. The number of halogens is 1. The predicted octanol–water partition coefficient (Wildman–Crippen LogP) is 8.16. The molecule has 0 aliphatic rings. The Morgan fingerprint density at radius 1 is 0.633 bits per heavy atom. The van der Waals surface area contributed by atoms with Crippen molar-refractivity contribution in [3.8, 4) is 28.3 Å². The van der Waals surface area contributed by atoms with Gasteiger partial charge in [0.25, 0.3) is 0 Å². The van der Waals surface area contributed by atoms with E-state index in [1.807, 2.05) is 37.3 Å². The highest BCUT2D eigenvalue weighted by Gasteiger charge is 2.16. The summed E-state index contributed by atoms with van der Waals surface area (Å²) in [5.74, 6) is 0. The molecule has 0 bridgehead atoms. The fraction of sp³-hybridized carbons (Fsp3) is 0.0357. The van der Waals surface area contributed by atoms with Crippen LogP contribution in [0.3, 0.4) is 0 Å². The molecule has 0 fully saturated rings. The van der Waals surface area contributed by atoms with Crippen molar-refractivity contribution in [3.63, 3.8) is 0 Å². The summed E-state index contributed by atoms with van der Waals surface area (Å²) in [5, 5.41) is 14.8. The number of benzene rings is 5. The zero-order valence-corrected chi connectivity index (χ0v) is 17.2. The Labute approximate surface area is 180 Å². The van der Waals surface area contributed by atoms with Crippen LogP contribution in [0.15, 0.2) is 91.0 Å². The van der Waals surface area contributed by atoms with E-state index < -0.39 is 0 Å². The van der Waals surface area contributed by atoms with E-state index in [0.29, 0.717) is 5.56 Å². The molecular weight excluding hydrogens is 386 g/mol. The third-order valence-corrected chi connectivity index (χ3v) is 6.10. The summed E-state index contributed by atoms with van der Waals surface area (Å²) in [6.45, 7) is 2.04. The monoisotopic (exact) mass is 403 g/mol. The maximum atomic E-state index is 9.19. The normalized spacial score (nSPS) is 11.0. The summed E-state index contributed by atoms with van der Waals surface area (Å²) in [4.78, 5) is 0. The van der Waals surface area contributed by atoms with Gasteiger partial charge in [-0.25, -0.2) is 0 Å². The molecule has 0 atom stereocenters. The molecule has 0 aliphatic carbocycles. The van der Waals surface area contributed by atoms with Crippen molar-refractivity contribution in [2.75, 3.05) is 0 Å². The number of nitriles is 1. The number of aryl methyl sites for hydroxylation is 1. The van der Waals surface area contributed by atoms with E-state index in [-0.39, 0.29) is 0 Å². The topological polar surface area (TPSA) is 23.8 Å². The highest BCUT2D eigenvalue weighted by Crippen LogP contribution is 2.43. The minimum atomic E-state index is 0.667. The molecule has 0 saturated carbocycles. The highest BCUT2D eigenvalue weighted by atomic mass is 35.5. The molecule has 2 heteroatoms. The lowest BCUT2D eigenvalue weighted by molar-refractivity contribution is 1.47. The Morgan fingerprint density at radius 2 is 1.10 bits per heavy atom. The molecule has 0 heterocycles. The number of nitrogens with zero attached hydrogens (tertiary/aromatic N) is 1. The van der Waals surface area contributed by atoms with Gasteiger partial charge in [0.15, 0.2) is 0 Å². The van der Waals surface area contributed by atoms with Gasteiger partial charge in [0.1, 0.15) is 0 Å². The first-order valence-electron chi connectivity index (χ1n) is 9.88. The summed E-state index contributed by atoms with van der Waals surface area (Å²) >= 11 is 6.31. The number of rotatable bonds is 2. The van der Waals surface area contributed by atoms with Gasteiger partial charge in [-0.3, -0.25) is 0 Å². The quantitative estimate of drug-likeness (QED) is 0.273. The molecule has 0 N–H and O–H groups in total. The van der Waals surface area contributed by atoms with Crippen LogP contribution in [0.25, 0.3) is 43.8 Å². The van der Waals surface area contributed by atoms with Crippen molar-refractivity contribution in [1.29, 1.82) is 5.26 Å². The van der Waals surface area contributed by atoms with E-state index >= 15 is 0 Å². The van der Waals surface area contributed by atoms with E-state index in [0.717, 1.165) is 21.7 Å². The first kappa shape index (κ1) is 18.4. The Balaban J connectivity index is 1.94. The van der Waals surface area contributed by atoms with E-state index in [4.69, 9.17) is 11.6 Å².